The number of hydrogen-bond donors (Lipinski definition) is 2. The standard InChI is InChI=1S/C24H30N4O6S/c1-2-32-11-12-33-13-14-34-20-7-4-18(5-8-20)16-23(29)25-24-21-17-19(6-9-22(21)26-27-24)28-10-3-15-35(28,30)31/h4-9,17H,2-3,10-16H2,1H3,(H2,25,26,27,29). The molecule has 0 radical (unpaired) electrons. The molecule has 0 spiro atoms. The summed E-state index contributed by atoms with van der Waals surface area (Å²) in [5.74, 6) is 0.985. The van der Waals surface area contributed by atoms with Crippen LogP contribution in [0.25, 0.3) is 10.9 Å². The predicted octanol–water partition coefficient (Wildman–Crippen LogP) is 2.72. The fourth-order valence-electron chi connectivity index (χ4n) is 3.83. The Balaban J connectivity index is 1.30. The van der Waals surface area contributed by atoms with Gasteiger partial charge in [0.1, 0.15) is 12.4 Å². The Morgan fingerprint density at radius 1 is 1.09 bits per heavy atom. The largest absolute Gasteiger partial charge is 0.491 e. The van der Waals surface area contributed by atoms with E-state index < -0.39 is 10.0 Å². The quantitative estimate of drug-likeness (QED) is 0.365. The lowest BCUT2D eigenvalue weighted by Crippen LogP contribution is -2.24. The van der Waals surface area contributed by atoms with Crippen LogP contribution in [0.4, 0.5) is 11.5 Å². The molecule has 1 fully saturated rings. The zero-order valence-electron chi connectivity index (χ0n) is 19.7. The summed E-state index contributed by atoms with van der Waals surface area (Å²) in [5, 5.41) is 10.6. The maximum absolute atomic E-state index is 12.6. The van der Waals surface area contributed by atoms with E-state index in [1.54, 1.807) is 18.2 Å². The number of H-pyrrole nitrogens is 1. The summed E-state index contributed by atoms with van der Waals surface area (Å²) in [6.45, 7) is 5.08. The number of nitrogens with one attached hydrogen (secondary N) is 2. The van der Waals surface area contributed by atoms with Gasteiger partial charge in [-0.05, 0) is 49.2 Å². The van der Waals surface area contributed by atoms with E-state index in [4.69, 9.17) is 14.2 Å². The monoisotopic (exact) mass is 502 g/mol. The lowest BCUT2D eigenvalue weighted by Gasteiger charge is -2.16. The molecule has 0 atom stereocenters. The van der Waals surface area contributed by atoms with Gasteiger partial charge in [-0.1, -0.05) is 12.1 Å². The van der Waals surface area contributed by atoms with E-state index in [0.717, 1.165) is 5.56 Å². The topological polar surface area (TPSA) is 123 Å². The Morgan fingerprint density at radius 3 is 2.60 bits per heavy atom. The van der Waals surface area contributed by atoms with Gasteiger partial charge in [-0.25, -0.2) is 8.42 Å². The van der Waals surface area contributed by atoms with Gasteiger partial charge < -0.3 is 19.5 Å². The SMILES string of the molecule is CCOCCOCCOc1ccc(CC(=O)Nc2n[nH]c3ccc(N4CCCS4(=O)=O)cc23)cc1. The summed E-state index contributed by atoms with van der Waals surface area (Å²) >= 11 is 0. The van der Waals surface area contributed by atoms with Crippen LogP contribution >= 0.6 is 0 Å². The zero-order chi connectivity index (χ0) is 24.7. The van der Waals surface area contributed by atoms with Crippen LogP contribution in [0.2, 0.25) is 0 Å². The minimum absolute atomic E-state index is 0.145. The molecule has 1 aromatic heterocycles. The summed E-state index contributed by atoms with van der Waals surface area (Å²) in [5.41, 5.74) is 2.11. The van der Waals surface area contributed by atoms with Gasteiger partial charge in [0.15, 0.2) is 5.82 Å². The van der Waals surface area contributed by atoms with Crippen molar-refractivity contribution in [1.82, 2.24) is 10.2 Å². The highest BCUT2D eigenvalue weighted by Gasteiger charge is 2.28. The maximum atomic E-state index is 12.6. The van der Waals surface area contributed by atoms with Crippen LogP contribution in [0.5, 0.6) is 5.75 Å². The fraction of sp³-hybridized carbons (Fsp3) is 0.417. The molecule has 1 aliphatic heterocycles. The molecule has 0 bridgehead atoms. The molecule has 11 heteroatoms. The van der Waals surface area contributed by atoms with Crippen molar-refractivity contribution >= 4 is 38.3 Å². The Hall–Kier alpha value is -3.15. The summed E-state index contributed by atoms with van der Waals surface area (Å²) in [4.78, 5) is 12.6. The highest BCUT2D eigenvalue weighted by atomic mass is 32.2. The molecule has 0 saturated carbocycles. The van der Waals surface area contributed by atoms with Gasteiger partial charge in [-0.2, -0.15) is 5.10 Å². The van der Waals surface area contributed by atoms with Gasteiger partial charge in [0.25, 0.3) is 0 Å². The normalized spacial score (nSPS) is 14.9. The third-order valence-corrected chi connectivity index (χ3v) is 7.42. The lowest BCUT2D eigenvalue weighted by atomic mass is 10.1. The Bertz CT molecular complexity index is 1240. The number of aromatic nitrogens is 2. The summed E-state index contributed by atoms with van der Waals surface area (Å²) < 4.78 is 42.2. The Morgan fingerprint density at radius 2 is 1.86 bits per heavy atom. The number of carbonyl (C=O) groups is 1. The maximum Gasteiger partial charge on any atom is 0.235 e. The lowest BCUT2D eigenvalue weighted by molar-refractivity contribution is -0.115. The summed E-state index contributed by atoms with van der Waals surface area (Å²) in [7, 11) is -3.29. The first-order valence-electron chi connectivity index (χ1n) is 11.6. The number of rotatable bonds is 12. The number of ether oxygens (including phenoxy) is 3. The second-order valence-electron chi connectivity index (χ2n) is 8.07. The van der Waals surface area contributed by atoms with E-state index >= 15 is 0 Å². The number of carbonyl (C=O) groups excluding carboxylic acids is 1. The van der Waals surface area contributed by atoms with Crippen molar-refractivity contribution in [3.8, 4) is 5.75 Å². The van der Waals surface area contributed by atoms with Crippen LogP contribution in [0.1, 0.15) is 18.9 Å². The van der Waals surface area contributed by atoms with Crippen LogP contribution < -0.4 is 14.4 Å². The van der Waals surface area contributed by atoms with Crippen LogP contribution in [0.3, 0.4) is 0 Å². The van der Waals surface area contributed by atoms with Crippen LogP contribution in [-0.2, 0) is 30.7 Å². The minimum Gasteiger partial charge on any atom is -0.491 e. The molecular formula is C24H30N4O6S. The number of sulfonamides is 1. The summed E-state index contributed by atoms with van der Waals surface area (Å²) in [6.07, 6.45) is 0.761. The van der Waals surface area contributed by atoms with Crippen molar-refractivity contribution in [2.75, 3.05) is 55.0 Å². The van der Waals surface area contributed by atoms with Crippen molar-refractivity contribution < 1.29 is 27.4 Å². The van der Waals surface area contributed by atoms with Crippen LogP contribution in [0, 0.1) is 0 Å². The van der Waals surface area contributed by atoms with Gasteiger partial charge in [0.05, 0.1) is 43.2 Å². The average molecular weight is 503 g/mol. The fourth-order valence-corrected chi connectivity index (χ4v) is 5.39. The van der Waals surface area contributed by atoms with Crippen LogP contribution in [-0.4, -0.2) is 69.9 Å². The van der Waals surface area contributed by atoms with Crippen LogP contribution in [0.15, 0.2) is 42.5 Å². The highest BCUT2D eigenvalue weighted by molar-refractivity contribution is 7.93. The summed E-state index contributed by atoms with van der Waals surface area (Å²) in [6, 6.07) is 12.6. The molecule has 1 amide bonds. The smallest absolute Gasteiger partial charge is 0.235 e. The molecule has 0 aliphatic carbocycles. The molecule has 4 rings (SSSR count). The molecular weight excluding hydrogens is 472 g/mol. The number of amides is 1. The van der Waals surface area contributed by atoms with Gasteiger partial charge >= 0.3 is 0 Å². The number of anilines is 2. The van der Waals surface area contributed by atoms with Crippen molar-refractivity contribution in [3.05, 3.63) is 48.0 Å². The molecule has 3 aromatic rings. The average Bonchev–Trinajstić information content (AvgIpc) is 3.41. The van der Waals surface area contributed by atoms with Crippen molar-refractivity contribution in [2.24, 2.45) is 0 Å². The molecule has 2 heterocycles. The zero-order valence-corrected chi connectivity index (χ0v) is 20.5. The Kier molecular flexibility index (Phi) is 8.21. The molecule has 1 aliphatic rings. The molecule has 35 heavy (non-hydrogen) atoms. The molecule has 0 unspecified atom stereocenters. The second kappa shape index (κ2) is 11.5. The van der Waals surface area contributed by atoms with E-state index in [1.165, 1.54) is 4.31 Å². The molecule has 1 saturated heterocycles. The minimum atomic E-state index is -3.29. The number of benzene rings is 2. The predicted molar refractivity (Wildman–Crippen MR) is 133 cm³/mol. The van der Waals surface area contributed by atoms with Gasteiger partial charge in [0, 0.05) is 18.5 Å². The molecule has 2 aromatic carbocycles. The van der Waals surface area contributed by atoms with E-state index in [0.29, 0.717) is 74.2 Å². The third-order valence-electron chi connectivity index (χ3n) is 5.55. The van der Waals surface area contributed by atoms with Crippen molar-refractivity contribution in [3.63, 3.8) is 0 Å². The first kappa shape index (κ1) is 25.0. The highest BCUT2D eigenvalue weighted by Crippen LogP contribution is 2.30. The number of aromatic amines is 1. The van der Waals surface area contributed by atoms with Gasteiger partial charge in [-0.3, -0.25) is 14.2 Å². The third kappa shape index (κ3) is 6.50. The second-order valence-corrected chi connectivity index (χ2v) is 10.1. The Labute approximate surface area is 204 Å². The van der Waals surface area contributed by atoms with E-state index in [9.17, 15) is 13.2 Å². The number of fused-ring (bicyclic) bond motifs is 1. The number of nitrogens with zero attached hydrogens (tertiary/aromatic N) is 2. The molecule has 2 N–H and O–H groups in total. The van der Waals surface area contributed by atoms with Gasteiger partial charge in [-0.15, -0.1) is 0 Å². The first-order chi connectivity index (χ1) is 17.0. The van der Waals surface area contributed by atoms with E-state index in [2.05, 4.69) is 15.5 Å². The first-order valence-corrected chi connectivity index (χ1v) is 13.2. The number of hydrogen-bond acceptors (Lipinski definition) is 7. The van der Waals surface area contributed by atoms with Crippen molar-refractivity contribution in [1.29, 1.82) is 0 Å². The van der Waals surface area contributed by atoms with Gasteiger partial charge in [0.2, 0.25) is 15.9 Å². The van der Waals surface area contributed by atoms with E-state index in [1.807, 2.05) is 31.2 Å². The molecule has 10 nitrogen and oxygen atoms in total. The van der Waals surface area contributed by atoms with Crippen molar-refractivity contribution in [2.45, 2.75) is 19.8 Å². The molecule has 188 valence electrons. The van der Waals surface area contributed by atoms with E-state index in [-0.39, 0.29) is 18.1 Å².